The van der Waals surface area contributed by atoms with Gasteiger partial charge in [-0.25, -0.2) is 0 Å². The SMILES string of the molecule is COc1cc(Oc2ccccc2)nc(NC(=S)NCc2ccc3c(c2)OCO3)n1. The summed E-state index contributed by atoms with van der Waals surface area (Å²) >= 11 is 5.35. The number of ether oxygens (including phenoxy) is 4. The summed E-state index contributed by atoms with van der Waals surface area (Å²) < 4.78 is 21.7. The van der Waals surface area contributed by atoms with Crippen LogP contribution in [0.25, 0.3) is 0 Å². The highest BCUT2D eigenvalue weighted by atomic mass is 32.1. The molecule has 0 fully saturated rings. The summed E-state index contributed by atoms with van der Waals surface area (Å²) in [7, 11) is 1.52. The zero-order valence-corrected chi connectivity index (χ0v) is 16.4. The van der Waals surface area contributed by atoms with E-state index in [2.05, 4.69) is 20.6 Å². The zero-order valence-electron chi connectivity index (χ0n) is 15.5. The molecule has 0 bridgehead atoms. The third-order valence-corrected chi connectivity index (χ3v) is 4.22. The minimum atomic E-state index is 0.243. The van der Waals surface area contributed by atoms with E-state index in [1.54, 1.807) is 6.07 Å². The Morgan fingerprint density at radius 1 is 1.03 bits per heavy atom. The molecule has 0 unspecified atom stereocenters. The van der Waals surface area contributed by atoms with Crippen LogP contribution in [0.5, 0.6) is 29.0 Å². The zero-order chi connectivity index (χ0) is 20.1. The van der Waals surface area contributed by atoms with Gasteiger partial charge in [0.25, 0.3) is 0 Å². The predicted molar refractivity (Wildman–Crippen MR) is 111 cm³/mol. The number of anilines is 1. The van der Waals surface area contributed by atoms with E-state index in [9.17, 15) is 0 Å². The molecule has 9 heteroatoms. The predicted octanol–water partition coefficient (Wildman–Crippen LogP) is 3.49. The van der Waals surface area contributed by atoms with Gasteiger partial charge in [0.1, 0.15) is 5.75 Å². The minimum absolute atomic E-state index is 0.243. The smallest absolute Gasteiger partial charge is 0.235 e. The highest BCUT2D eigenvalue weighted by Crippen LogP contribution is 2.32. The largest absolute Gasteiger partial charge is 0.481 e. The number of nitrogens with zero attached hydrogens (tertiary/aromatic N) is 2. The van der Waals surface area contributed by atoms with E-state index >= 15 is 0 Å². The van der Waals surface area contributed by atoms with Gasteiger partial charge in [0.2, 0.25) is 24.5 Å². The first kappa shape index (κ1) is 18.8. The summed E-state index contributed by atoms with van der Waals surface area (Å²) in [6.45, 7) is 0.743. The summed E-state index contributed by atoms with van der Waals surface area (Å²) in [5, 5.41) is 6.42. The third kappa shape index (κ3) is 4.82. The number of nitrogens with one attached hydrogen (secondary N) is 2. The first-order chi connectivity index (χ1) is 14.2. The maximum atomic E-state index is 5.75. The van der Waals surface area contributed by atoms with E-state index in [0.29, 0.717) is 29.2 Å². The summed E-state index contributed by atoms with van der Waals surface area (Å²) in [4.78, 5) is 8.58. The Bertz CT molecular complexity index is 1020. The van der Waals surface area contributed by atoms with Gasteiger partial charge in [-0.05, 0) is 42.0 Å². The van der Waals surface area contributed by atoms with Crippen molar-refractivity contribution in [1.29, 1.82) is 0 Å². The minimum Gasteiger partial charge on any atom is -0.481 e. The summed E-state index contributed by atoms with van der Waals surface area (Å²) in [6, 6.07) is 16.6. The number of aromatic nitrogens is 2. The molecular formula is C20H18N4O4S. The van der Waals surface area contributed by atoms with Crippen molar-refractivity contribution in [2.45, 2.75) is 6.54 Å². The Morgan fingerprint density at radius 2 is 1.83 bits per heavy atom. The lowest BCUT2D eigenvalue weighted by atomic mass is 10.2. The normalized spacial score (nSPS) is 11.6. The molecule has 3 aromatic rings. The van der Waals surface area contributed by atoms with Crippen molar-refractivity contribution in [2.24, 2.45) is 0 Å². The molecule has 8 nitrogen and oxygen atoms in total. The van der Waals surface area contributed by atoms with Crippen molar-refractivity contribution in [1.82, 2.24) is 15.3 Å². The van der Waals surface area contributed by atoms with Gasteiger partial charge >= 0.3 is 0 Å². The molecule has 0 atom stereocenters. The Morgan fingerprint density at radius 3 is 2.66 bits per heavy atom. The lowest BCUT2D eigenvalue weighted by Gasteiger charge is -2.12. The standard InChI is InChI=1S/C20H18N4O4S/c1-25-17-10-18(28-14-5-3-2-4-6-14)23-19(22-17)24-20(29)21-11-13-7-8-15-16(9-13)27-12-26-15/h2-10H,11-12H2,1H3,(H2,21,22,23,24,29). The Kier molecular flexibility index (Phi) is 5.57. The second-order valence-corrected chi connectivity index (χ2v) is 6.39. The monoisotopic (exact) mass is 410 g/mol. The topological polar surface area (TPSA) is 86.8 Å². The lowest BCUT2D eigenvalue weighted by molar-refractivity contribution is 0.174. The maximum Gasteiger partial charge on any atom is 0.235 e. The fraction of sp³-hybridized carbons (Fsp3) is 0.150. The van der Waals surface area contributed by atoms with Crippen LogP contribution in [0.3, 0.4) is 0 Å². The van der Waals surface area contributed by atoms with Gasteiger partial charge < -0.3 is 29.6 Å². The summed E-state index contributed by atoms with van der Waals surface area (Å²) in [5.74, 6) is 3.07. The van der Waals surface area contributed by atoms with Gasteiger partial charge in [-0.1, -0.05) is 24.3 Å². The lowest BCUT2D eigenvalue weighted by Crippen LogP contribution is -2.28. The second-order valence-electron chi connectivity index (χ2n) is 5.98. The van der Waals surface area contributed by atoms with Gasteiger partial charge in [0, 0.05) is 6.54 Å². The van der Waals surface area contributed by atoms with Crippen LogP contribution in [0.15, 0.2) is 54.6 Å². The molecule has 1 aromatic heterocycles. The third-order valence-electron chi connectivity index (χ3n) is 3.97. The highest BCUT2D eigenvalue weighted by molar-refractivity contribution is 7.80. The molecule has 29 heavy (non-hydrogen) atoms. The van der Waals surface area contributed by atoms with Crippen LogP contribution in [0.1, 0.15) is 5.56 Å². The molecule has 0 radical (unpaired) electrons. The van der Waals surface area contributed by atoms with Crippen LogP contribution < -0.4 is 29.6 Å². The van der Waals surface area contributed by atoms with Crippen LogP contribution >= 0.6 is 12.2 Å². The molecular weight excluding hydrogens is 392 g/mol. The van der Waals surface area contributed by atoms with Crippen molar-refractivity contribution in [3.05, 3.63) is 60.2 Å². The molecule has 0 saturated heterocycles. The van der Waals surface area contributed by atoms with Crippen molar-refractivity contribution >= 4 is 23.3 Å². The number of methoxy groups -OCH3 is 1. The molecule has 0 saturated carbocycles. The number of para-hydroxylation sites is 1. The molecule has 1 aliphatic rings. The van der Waals surface area contributed by atoms with Crippen LogP contribution in [0, 0.1) is 0 Å². The number of hydrogen-bond acceptors (Lipinski definition) is 7. The van der Waals surface area contributed by atoms with Crippen LogP contribution in [0.4, 0.5) is 5.95 Å². The van der Waals surface area contributed by atoms with Crippen molar-refractivity contribution in [3.63, 3.8) is 0 Å². The second kappa shape index (κ2) is 8.61. The van der Waals surface area contributed by atoms with Crippen molar-refractivity contribution in [3.8, 4) is 29.0 Å². The molecule has 0 spiro atoms. The molecule has 2 aromatic carbocycles. The van der Waals surface area contributed by atoms with Crippen molar-refractivity contribution in [2.75, 3.05) is 19.2 Å². The number of hydrogen-bond donors (Lipinski definition) is 2. The van der Waals surface area contributed by atoms with E-state index < -0.39 is 0 Å². The molecule has 4 rings (SSSR count). The van der Waals surface area contributed by atoms with E-state index in [1.807, 2.05) is 48.5 Å². The Balaban J connectivity index is 1.40. The molecule has 2 heterocycles. The van der Waals surface area contributed by atoms with E-state index in [0.717, 1.165) is 17.1 Å². The molecule has 0 aliphatic carbocycles. The first-order valence-corrected chi connectivity index (χ1v) is 9.20. The number of fused-ring (bicyclic) bond motifs is 1. The average molecular weight is 410 g/mol. The average Bonchev–Trinajstić information content (AvgIpc) is 3.20. The van der Waals surface area contributed by atoms with Gasteiger partial charge in [0.15, 0.2) is 16.6 Å². The van der Waals surface area contributed by atoms with Crippen molar-refractivity contribution < 1.29 is 18.9 Å². The highest BCUT2D eigenvalue weighted by Gasteiger charge is 2.13. The Hall–Kier alpha value is -3.59. The van der Waals surface area contributed by atoms with Gasteiger partial charge in [-0.2, -0.15) is 9.97 Å². The molecule has 2 N–H and O–H groups in total. The van der Waals surface area contributed by atoms with Crippen LogP contribution in [-0.2, 0) is 6.54 Å². The molecule has 0 amide bonds. The van der Waals surface area contributed by atoms with E-state index in [4.69, 9.17) is 31.2 Å². The van der Waals surface area contributed by atoms with Gasteiger partial charge in [-0.15, -0.1) is 0 Å². The maximum absolute atomic E-state index is 5.75. The number of rotatable bonds is 6. The van der Waals surface area contributed by atoms with E-state index in [-0.39, 0.29) is 12.7 Å². The fourth-order valence-corrected chi connectivity index (χ4v) is 2.77. The quantitative estimate of drug-likeness (QED) is 0.593. The molecule has 148 valence electrons. The van der Waals surface area contributed by atoms with Gasteiger partial charge in [-0.3, -0.25) is 0 Å². The number of thiocarbonyl (C=S) groups is 1. The van der Waals surface area contributed by atoms with Crippen LogP contribution in [0.2, 0.25) is 0 Å². The Labute approximate surface area is 172 Å². The van der Waals surface area contributed by atoms with Gasteiger partial charge in [0.05, 0.1) is 13.2 Å². The van der Waals surface area contributed by atoms with E-state index in [1.165, 1.54) is 7.11 Å². The summed E-state index contributed by atoms with van der Waals surface area (Å²) in [6.07, 6.45) is 0. The number of benzene rings is 2. The van der Waals surface area contributed by atoms with Crippen LogP contribution in [-0.4, -0.2) is 29.0 Å². The molecule has 1 aliphatic heterocycles. The fourth-order valence-electron chi connectivity index (χ4n) is 2.60. The summed E-state index contributed by atoms with van der Waals surface area (Å²) in [5.41, 5.74) is 0.998. The first-order valence-electron chi connectivity index (χ1n) is 8.79.